The van der Waals surface area contributed by atoms with Gasteiger partial charge in [0, 0.05) is 19.5 Å². The van der Waals surface area contributed by atoms with Crippen molar-refractivity contribution in [2.45, 2.75) is 19.0 Å². The Morgan fingerprint density at radius 3 is 2.56 bits per heavy atom. The zero-order valence-electron chi connectivity index (χ0n) is 9.74. The van der Waals surface area contributed by atoms with Gasteiger partial charge in [0.2, 0.25) is 11.8 Å². The molecule has 1 aliphatic heterocycles. The molecule has 0 saturated carbocycles. The Morgan fingerprint density at radius 1 is 1.44 bits per heavy atom. The van der Waals surface area contributed by atoms with E-state index in [1.807, 2.05) is 0 Å². The molecule has 0 atom stereocenters. The molecule has 1 aliphatic rings. The first-order valence-corrected chi connectivity index (χ1v) is 5.56. The summed E-state index contributed by atoms with van der Waals surface area (Å²) >= 11 is 0. The van der Waals surface area contributed by atoms with Gasteiger partial charge in [0.05, 0.1) is 13.2 Å². The van der Waals surface area contributed by atoms with E-state index in [4.69, 9.17) is 5.11 Å². The molecule has 1 fully saturated rings. The van der Waals surface area contributed by atoms with Gasteiger partial charge in [0.1, 0.15) is 6.54 Å². The van der Waals surface area contributed by atoms with E-state index in [1.54, 1.807) is 0 Å². The number of amides is 2. The van der Waals surface area contributed by atoms with Gasteiger partial charge in [-0.2, -0.15) is 13.2 Å². The summed E-state index contributed by atoms with van der Waals surface area (Å²) < 4.78 is 36.7. The van der Waals surface area contributed by atoms with Crippen molar-refractivity contribution in [3.05, 3.63) is 0 Å². The Hall–Kier alpha value is -1.31. The minimum atomic E-state index is -4.51. The van der Waals surface area contributed by atoms with Crippen LogP contribution in [0, 0.1) is 0 Å². The van der Waals surface area contributed by atoms with Gasteiger partial charge in [0.15, 0.2) is 0 Å². The van der Waals surface area contributed by atoms with Crippen LogP contribution in [0.25, 0.3) is 0 Å². The van der Waals surface area contributed by atoms with Crippen LogP contribution in [-0.4, -0.2) is 65.7 Å². The van der Waals surface area contributed by atoms with Crippen LogP contribution in [0.2, 0.25) is 0 Å². The fraction of sp³-hybridized carbons (Fsp3) is 0.800. The van der Waals surface area contributed by atoms with Crippen molar-refractivity contribution in [1.82, 2.24) is 9.80 Å². The van der Waals surface area contributed by atoms with Crippen LogP contribution >= 0.6 is 0 Å². The van der Waals surface area contributed by atoms with Gasteiger partial charge in [-0.3, -0.25) is 9.59 Å². The quantitative estimate of drug-likeness (QED) is 0.763. The second kappa shape index (κ2) is 6.03. The molecule has 0 spiro atoms. The molecule has 0 bridgehead atoms. The third-order valence-corrected chi connectivity index (χ3v) is 2.59. The zero-order valence-corrected chi connectivity index (χ0v) is 9.74. The topological polar surface area (TPSA) is 60.9 Å². The molecule has 5 nitrogen and oxygen atoms in total. The van der Waals surface area contributed by atoms with Crippen LogP contribution in [0.15, 0.2) is 0 Å². The Bertz CT molecular complexity index is 320. The van der Waals surface area contributed by atoms with Crippen LogP contribution in [0.4, 0.5) is 13.2 Å². The van der Waals surface area contributed by atoms with Crippen LogP contribution in [0.1, 0.15) is 12.8 Å². The van der Waals surface area contributed by atoms with Crippen molar-refractivity contribution < 1.29 is 27.9 Å². The molecule has 0 aliphatic carbocycles. The number of halogens is 3. The van der Waals surface area contributed by atoms with Crippen molar-refractivity contribution in [2.24, 2.45) is 0 Å². The number of nitrogens with zero attached hydrogens (tertiary/aromatic N) is 2. The van der Waals surface area contributed by atoms with E-state index in [-0.39, 0.29) is 19.0 Å². The largest absolute Gasteiger partial charge is 0.406 e. The van der Waals surface area contributed by atoms with Crippen LogP contribution in [0.3, 0.4) is 0 Å². The third kappa shape index (κ3) is 4.52. The number of aliphatic hydroxyl groups excluding tert-OH is 1. The maximum Gasteiger partial charge on any atom is 0.406 e. The summed E-state index contributed by atoms with van der Waals surface area (Å²) in [5.74, 6) is -1.02. The second-order valence-electron chi connectivity index (χ2n) is 4.07. The summed E-state index contributed by atoms with van der Waals surface area (Å²) in [5.41, 5.74) is 0. The number of carbonyl (C=O) groups is 2. The van der Waals surface area contributed by atoms with Gasteiger partial charge in [-0.25, -0.2) is 0 Å². The van der Waals surface area contributed by atoms with Gasteiger partial charge < -0.3 is 14.9 Å². The fourth-order valence-corrected chi connectivity index (χ4v) is 1.76. The van der Waals surface area contributed by atoms with Gasteiger partial charge in [-0.05, 0) is 6.42 Å². The van der Waals surface area contributed by atoms with Gasteiger partial charge in [0.25, 0.3) is 0 Å². The number of carbonyl (C=O) groups excluding carboxylic acids is 2. The van der Waals surface area contributed by atoms with Crippen molar-refractivity contribution in [1.29, 1.82) is 0 Å². The average Bonchev–Trinajstić information content (AvgIpc) is 2.62. The van der Waals surface area contributed by atoms with Gasteiger partial charge in [-0.15, -0.1) is 0 Å². The fourth-order valence-electron chi connectivity index (χ4n) is 1.76. The Labute approximate surface area is 102 Å². The molecule has 0 aromatic carbocycles. The highest BCUT2D eigenvalue weighted by Crippen LogP contribution is 2.17. The molecule has 1 rings (SSSR count). The first kappa shape index (κ1) is 14.7. The first-order chi connectivity index (χ1) is 8.33. The highest BCUT2D eigenvalue weighted by atomic mass is 19.4. The monoisotopic (exact) mass is 268 g/mol. The molecule has 0 radical (unpaired) electrons. The minimum Gasteiger partial charge on any atom is -0.395 e. The van der Waals surface area contributed by atoms with Crippen LogP contribution in [-0.2, 0) is 9.59 Å². The SMILES string of the molecule is O=C1CCCN1CC(=O)N(CCO)CC(F)(F)F. The van der Waals surface area contributed by atoms with Crippen molar-refractivity contribution >= 4 is 11.8 Å². The molecular formula is C10H15F3N2O3. The molecule has 0 aromatic rings. The van der Waals surface area contributed by atoms with E-state index in [9.17, 15) is 22.8 Å². The van der Waals surface area contributed by atoms with E-state index < -0.39 is 25.2 Å². The molecule has 0 aromatic heterocycles. The molecule has 1 saturated heterocycles. The number of rotatable bonds is 5. The molecule has 2 amide bonds. The zero-order chi connectivity index (χ0) is 13.8. The number of hydrogen-bond acceptors (Lipinski definition) is 3. The lowest BCUT2D eigenvalue weighted by Gasteiger charge is -2.25. The highest BCUT2D eigenvalue weighted by molar-refractivity contribution is 5.85. The van der Waals surface area contributed by atoms with E-state index in [0.717, 1.165) is 0 Å². The third-order valence-electron chi connectivity index (χ3n) is 2.59. The summed E-state index contributed by atoms with van der Waals surface area (Å²) in [6.45, 7) is -2.30. The normalized spacial score (nSPS) is 16.2. The summed E-state index contributed by atoms with van der Waals surface area (Å²) in [4.78, 5) is 24.7. The molecule has 0 unspecified atom stereocenters. The van der Waals surface area contributed by atoms with E-state index in [0.29, 0.717) is 24.3 Å². The van der Waals surface area contributed by atoms with E-state index >= 15 is 0 Å². The number of likely N-dealkylation sites (tertiary alicyclic amines) is 1. The minimum absolute atomic E-state index is 0.223. The standard InChI is InChI=1S/C10H15F3N2O3/c11-10(12,13)7-15(4-5-16)9(18)6-14-3-1-2-8(14)17/h16H,1-7H2. The lowest BCUT2D eigenvalue weighted by Crippen LogP contribution is -2.45. The van der Waals surface area contributed by atoms with Crippen molar-refractivity contribution in [2.75, 3.05) is 32.8 Å². The van der Waals surface area contributed by atoms with E-state index in [1.165, 1.54) is 4.90 Å². The lowest BCUT2D eigenvalue weighted by molar-refractivity contribution is -0.163. The Morgan fingerprint density at radius 2 is 2.11 bits per heavy atom. The number of hydrogen-bond donors (Lipinski definition) is 1. The predicted octanol–water partition coefficient (Wildman–Crippen LogP) is -0.00800. The summed E-state index contributed by atoms with van der Waals surface area (Å²) in [5, 5.41) is 8.65. The first-order valence-electron chi connectivity index (χ1n) is 5.56. The average molecular weight is 268 g/mol. The molecule has 1 N–H and O–H groups in total. The number of alkyl halides is 3. The predicted molar refractivity (Wildman–Crippen MR) is 55.5 cm³/mol. The summed E-state index contributed by atoms with van der Waals surface area (Å²) in [7, 11) is 0. The van der Waals surface area contributed by atoms with Crippen LogP contribution in [0.5, 0.6) is 0 Å². The number of aliphatic hydroxyl groups is 1. The summed E-state index contributed by atoms with van der Waals surface area (Å²) in [6, 6.07) is 0. The van der Waals surface area contributed by atoms with Crippen molar-refractivity contribution in [3.8, 4) is 0 Å². The summed E-state index contributed by atoms with van der Waals surface area (Å²) in [6.07, 6.45) is -3.57. The smallest absolute Gasteiger partial charge is 0.395 e. The molecule has 104 valence electrons. The maximum atomic E-state index is 12.2. The lowest BCUT2D eigenvalue weighted by atomic mass is 10.4. The maximum absolute atomic E-state index is 12.2. The highest BCUT2D eigenvalue weighted by Gasteiger charge is 2.34. The van der Waals surface area contributed by atoms with Gasteiger partial charge in [-0.1, -0.05) is 0 Å². The molecular weight excluding hydrogens is 253 g/mol. The van der Waals surface area contributed by atoms with Gasteiger partial charge >= 0.3 is 6.18 Å². The Kier molecular flexibility index (Phi) is 4.94. The second-order valence-corrected chi connectivity index (χ2v) is 4.07. The Balaban J connectivity index is 2.56. The molecule has 8 heteroatoms. The van der Waals surface area contributed by atoms with Crippen molar-refractivity contribution in [3.63, 3.8) is 0 Å². The van der Waals surface area contributed by atoms with Crippen LogP contribution < -0.4 is 0 Å². The molecule has 18 heavy (non-hydrogen) atoms. The van der Waals surface area contributed by atoms with E-state index in [2.05, 4.69) is 0 Å². The molecule has 1 heterocycles.